The Labute approximate surface area is 135 Å². The van der Waals surface area contributed by atoms with Crippen molar-refractivity contribution in [2.24, 2.45) is 0 Å². The maximum Gasteiger partial charge on any atom is 0.329 e. The SMILES string of the molecule is O=C(COC(=O)C1CCC(=O)N1)Nc1ccc([N+](=O)[O-])cc1Cl. The molecule has 23 heavy (non-hydrogen) atoms. The normalized spacial score (nSPS) is 16.6. The first kappa shape index (κ1) is 16.7. The van der Waals surface area contributed by atoms with Gasteiger partial charge in [-0.1, -0.05) is 11.6 Å². The van der Waals surface area contributed by atoms with Gasteiger partial charge in [-0.15, -0.1) is 0 Å². The molecule has 2 amide bonds. The molecule has 0 spiro atoms. The summed E-state index contributed by atoms with van der Waals surface area (Å²) in [7, 11) is 0. The summed E-state index contributed by atoms with van der Waals surface area (Å²) >= 11 is 5.83. The third kappa shape index (κ3) is 4.39. The number of hydrogen-bond donors (Lipinski definition) is 2. The topological polar surface area (TPSA) is 128 Å². The second kappa shape index (κ2) is 7.05. The zero-order valence-electron chi connectivity index (χ0n) is 11.7. The maximum absolute atomic E-state index is 11.7. The molecule has 10 heteroatoms. The second-order valence-electron chi connectivity index (χ2n) is 4.74. The van der Waals surface area contributed by atoms with Gasteiger partial charge in [-0.05, 0) is 12.5 Å². The molecule has 9 nitrogen and oxygen atoms in total. The Morgan fingerprint density at radius 2 is 2.22 bits per heavy atom. The monoisotopic (exact) mass is 341 g/mol. The van der Waals surface area contributed by atoms with E-state index < -0.39 is 29.4 Å². The molecule has 1 aliphatic rings. The Bertz CT molecular complexity index is 678. The fraction of sp³-hybridized carbons (Fsp3) is 0.308. The molecule has 0 radical (unpaired) electrons. The quantitative estimate of drug-likeness (QED) is 0.467. The Morgan fingerprint density at radius 3 is 2.78 bits per heavy atom. The van der Waals surface area contributed by atoms with E-state index in [0.29, 0.717) is 6.42 Å². The first-order valence-corrected chi connectivity index (χ1v) is 6.94. The standard InChI is InChI=1S/C13H12ClN3O6/c14-8-5-7(17(21)22)1-2-9(8)15-12(19)6-23-13(20)10-3-4-11(18)16-10/h1-2,5,10H,3-4,6H2,(H,15,19)(H,16,18). The van der Waals surface area contributed by atoms with Gasteiger partial charge in [0.1, 0.15) is 6.04 Å². The Hall–Kier alpha value is -2.68. The highest BCUT2D eigenvalue weighted by atomic mass is 35.5. The van der Waals surface area contributed by atoms with Crippen LogP contribution >= 0.6 is 11.6 Å². The van der Waals surface area contributed by atoms with E-state index in [-0.39, 0.29) is 28.7 Å². The fourth-order valence-corrected chi connectivity index (χ4v) is 2.16. The average Bonchev–Trinajstić information content (AvgIpc) is 2.93. The molecule has 2 N–H and O–H groups in total. The number of carbonyl (C=O) groups excluding carboxylic acids is 3. The van der Waals surface area contributed by atoms with Crippen molar-refractivity contribution in [2.45, 2.75) is 18.9 Å². The van der Waals surface area contributed by atoms with Crippen molar-refractivity contribution in [3.63, 3.8) is 0 Å². The van der Waals surface area contributed by atoms with Gasteiger partial charge in [0.2, 0.25) is 5.91 Å². The number of hydrogen-bond acceptors (Lipinski definition) is 6. The number of nitro benzene ring substituents is 1. The van der Waals surface area contributed by atoms with Crippen LogP contribution in [-0.4, -0.2) is 35.4 Å². The predicted octanol–water partition coefficient (Wildman–Crippen LogP) is 1.01. The number of esters is 1. The highest BCUT2D eigenvalue weighted by molar-refractivity contribution is 6.34. The summed E-state index contributed by atoms with van der Waals surface area (Å²) < 4.78 is 4.79. The van der Waals surface area contributed by atoms with Crippen LogP contribution in [-0.2, 0) is 19.1 Å². The number of ether oxygens (including phenoxy) is 1. The number of carbonyl (C=O) groups is 3. The van der Waals surface area contributed by atoms with Crippen LogP contribution in [0.3, 0.4) is 0 Å². The molecule has 2 rings (SSSR count). The van der Waals surface area contributed by atoms with Crippen molar-refractivity contribution in [3.8, 4) is 0 Å². The first-order valence-electron chi connectivity index (χ1n) is 6.56. The predicted molar refractivity (Wildman–Crippen MR) is 78.9 cm³/mol. The molecular formula is C13H12ClN3O6. The molecule has 1 saturated heterocycles. The van der Waals surface area contributed by atoms with Crippen LogP contribution in [0.5, 0.6) is 0 Å². The number of rotatable bonds is 5. The van der Waals surface area contributed by atoms with Gasteiger partial charge in [0.05, 0.1) is 15.6 Å². The smallest absolute Gasteiger partial charge is 0.329 e. The van der Waals surface area contributed by atoms with Crippen LogP contribution < -0.4 is 10.6 Å². The summed E-state index contributed by atoms with van der Waals surface area (Å²) in [6, 6.07) is 2.81. The minimum absolute atomic E-state index is 0.0121. The molecule has 122 valence electrons. The van der Waals surface area contributed by atoms with E-state index >= 15 is 0 Å². The molecule has 0 aromatic heterocycles. The second-order valence-corrected chi connectivity index (χ2v) is 5.14. The largest absolute Gasteiger partial charge is 0.454 e. The van der Waals surface area contributed by atoms with E-state index in [2.05, 4.69) is 10.6 Å². The summed E-state index contributed by atoms with van der Waals surface area (Å²) in [6.45, 7) is -0.557. The van der Waals surface area contributed by atoms with Crippen molar-refractivity contribution in [3.05, 3.63) is 33.3 Å². The van der Waals surface area contributed by atoms with Crippen LogP contribution in [0.2, 0.25) is 5.02 Å². The third-order valence-corrected chi connectivity index (χ3v) is 3.38. The summed E-state index contributed by atoms with van der Waals surface area (Å²) in [4.78, 5) is 44.3. The van der Waals surface area contributed by atoms with Crippen LogP contribution in [0, 0.1) is 10.1 Å². The van der Waals surface area contributed by atoms with Crippen LogP contribution in [0.4, 0.5) is 11.4 Å². The lowest BCUT2D eigenvalue weighted by Gasteiger charge is -2.11. The average molecular weight is 342 g/mol. The van der Waals surface area contributed by atoms with E-state index in [1.54, 1.807) is 0 Å². The van der Waals surface area contributed by atoms with Crippen LogP contribution in [0.1, 0.15) is 12.8 Å². The molecular weight excluding hydrogens is 330 g/mol. The number of non-ortho nitro benzene ring substituents is 1. The maximum atomic E-state index is 11.7. The summed E-state index contributed by atoms with van der Waals surface area (Å²) in [5, 5.41) is 15.4. The lowest BCUT2D eigenvalue weighted by molar-refractivity contribution is -0.384. The number of nitrogens with zero attached hydrogens (tertiary/aromatic N) is 1. The van der Waals surface area contributed by atoms with Crippen LogP contribution in [0.15, 0.2) is 18.2 Å². The first-order chi connectivity index (χ1) is 10.9. The molecule has 1 fully saturated rings. The zero-order chi connectivity index (χ0) is 17.0. The number of halogens is 1. The molecule has 0 bridgehead atoms. The summed E-state index contributed by atoms with van der Waals surface area (Å²) in [5.74, 6) is -1.59. The summed E-state index contributed by atoms with van der Waals surface area (Å²) in [5.41, 5.74) is -0.0520. The number of benzene rings is 1. The van der Waals surface area contributed by atoms with Gasteiger partial charge in [0.15, 0.2) is 6.61 Å². The third-order valence-electron chi connectivity index (χ3n) is 3.06. The Morgan fingerprint density at radius 1 is 1.48 bits per heavy atom. The molecule has 1 aromatic carbocycles. The van der Waals surface area contributed by atoms with Crippen molar-refractivity contribution < 1.29 is 24.0 Å². The number of nitro groups is 1. The van der Waals surface area contributed by atoms with Gasteiger partial charge >= 0.3 is 5.97 Å². The minimum atomic E-state index is -0.738. The lowest BCUT2D eigenvalue weighted by Crippen LogP contribution is -2.36. The highest BCUT2D eigenvalue weighted by Gasteiger charge is 2.28. The molecule has 1 heterocycles. The van der Waals surface area contributed by atoms with Gasteiger partial charge in [-0.2, -0.15) is 0 Å². The van der Waals surface area contributed by atoms with Crippen molar-refractivity contribution in [1.82, 2.24) is 5.32 Å². The lowest BCUT2D eigenvalue weighted by atomic mass is 10.2. The molecule has 0 saturated carbocycles. The number of anilines is 1. The van der Waals surface area contributed by atoms with E-state index in [9.17, 15) is 24.5 Å². The minimum Gasteiger partial charge on any atom is -0.454 e. The molecule has 0 aliphatic carbocycles. The van der Waals surface area contributed by atoms with Crippen molar-refractivity contribution in [1.29, 1.82) is 0 Å². The Balaban J connectivity index is 1.86. The molecule has 1 unspecified atom stereocenters. The summed E-state index contributed by atoms with van der Waals surface area (Å²) in [6.07, 6.45) is 0.567. The fourth-order valence-electron chi connectivity index (χ4n) is 1.93. The zero-order valence-corrected chi connectivity index (χ0v) is 12.5. The molecule has 1 aliphatic heterocycles. The Kier molecular flexibility index (Phi) is 5.12. The van der Waals surface area contributed by atoms with Crippen molar-refractivity contribution in [2.75, 3.05) is 11.9 Å². The van der Waals surface area contributed by atoms with E-state index in [4.69, 9.17) is 16.3 Å². The van der Waals surface area contributed by atoms with Gasteiger partial charge in [0, 0.05) is 18.6 Å². The van der Waals surface area contributed by atoms with E-state index in [1.807, 2.05) is 0 Å². The van der Waals surface area contributed by atoms with Gasteiger partial charge in [-0.3, -0.25) is 19.7 Å². The molecule has 1 atom stereocenters. The van der Waals surface area contributed by atoms with Gasteiger partial charge in [-0.25, -0.2) is 4.79 Å². The van der Waals surface area contributed by atoms with E-state index in [1.165, 1.54) is 12.1 Å². The van der Waals surface area contributed by atoms with E-state index in [0.717, 1.165) is 6.07 Å². The van der Waals surface area contributed by atoms with Crippen LogP contribution in [0.25, 0.3) is 0 Å². The van der Waals surface area contributed by atoms with Gasteiger partial charge < -0.3 is 15.4 Å². The van der Waals surface area contributed by atoms with Gasteiger partial charge in [0.25, 0.3) is 11.6 Å². The molecule has 1 aromatic rings. The number of amides is 2. The highest BCUT2D eigenvalue weighted by Crippen LogP contribution is 2.26. The number of nitrogens with one attached hydrogen (secondary N) is 2. The van der Waals surface area contributed by atoms with Crippen molar-refractivity contribution >= 4 is 40.8 Å².